The van der Waals surface area contributed by atoms with E-state index >= 15 is 0 Å². The minimum absolute atomic E-state index is 0.848. The van der Waals surface area contributed by atoms with E-state index in [4.69, 9.17) is 0 Å². The maximum atomic E-state index is 2.41. The van der Waals surface area contributed by atoms with Crippen molar-refractivity contribution in [2.75, 3.05) is 0 Å². The molecule has 13 heavy (non-hydrogen) atoms. The topological polar surface area (TPSA) is 0 Å². The van der Waals surface area contributed by atoms with Crippen LogP contribution in [0.25, 0.3) is 0 Å². The van der Waals surface area contributed by atoms with Crippen LogP contribution in [0.1, 0.15) is 66.7 Å². The molecule has 2 atom stereocenters. The van der Waals surface area contributed by atoms with E-state index in [1.165, 1.54) is 32.1 Å². The summed E-state index contributed by atoms with van der Waals surface area (Å²) >= 11 is 0. The van der Waals surface area contributed by atoms with Gasteiger partial charge < -0.3 is 0 Å². The fourth-order valence-electron chi connectivity index (χ4n) is 1.81. The second-order valence-corrected chi connectivity index (χ2v) is 4.93. The molecule has 0 spiro atoms. The smallest absolute Gasteiger partial charge is 0.0394 e. The third-order valence-electron chi connectivity index (χ3n) is 3.46. The number of hydrogen-bond acceptors (Lipinski definition) is 0. The van der Waals surface area contributed by atoms with Crippen molar-refractivity contribution >= 4 is 0 Å². The van der Waals surface area contributed by atoms with E-state index in [0.29, 0.717) is 0 Å². The predicted octanol–water partition coefficient (Wildman–Crippen LogP) is 4.89. The van der Waals surface area contributed by atoms with Crippen LogP contribution in [-0.4, -0.2) is 0 Å². The van der Waals surface area contributed by atoms with Gasteiger partial charge >= 0.3 is 0 Å². The number of rotatable bonds is 7. The lowest BCUT2D eigenvalue weighted by molar-refractivity contribution is 0.275. The summed E-state index contributed by atoms with van der Waals surface area (Å²) in [5, 5.41) is 0. The number of unbranched alkanes of at least 4 members (excludes halogenated alkanes) is 3. The second-order valence-electron chi connectivity index (χ2n) is 4.93. The van der Waals surface area contributed by atoms with Crippen LogP contribution in [0.3, 0.4) is 0 Å². The molecule has 0 aromatic rings. The molecular weight excluding hydrogens is 156 g/mol. The van der Waals surface area contributed by atoms with E-state index in [-0.39, 0.29) is 0 Å². The molecule has 0 aliphatic rings. The van der Waals surface area contributed by atoms with Crippen LogP contribution < -0.4 is 0 Å². The molecule has 0 aliphatic carbocycles. The fourth-order valence-corrected chi connectivity index (χ4v) is 1.81. The molecule has 0 radical (unpaired) electrons. The average Bonchev–Trinajstić information content (AvgIpc) is 2.10. The zero-order valence-electron chi connectivity index (χ0n) is 10.3. The Morgan fingerprint density at radius 2 is 1.46 bits per heavy atom. The Morgan fingerprint density at radius 1 is 0.846 bits per heavy atom. The van der Waals surface area contributed by atoms with Gasteiger partial charge in [-0.05, 0) is 17.8 Å². The Balaban J connectivity index is 3.44. The number of hydrogen-bond donors (Lipinski definition) is 0. The summed E-state index contributed by atoms with van der Waals surface area (Å²) in [4.78, 5) is 0. The first-order chi connectivity index (χ1) is 6.09. The standard InChI is InChI=1S/C13H28/c1-6-7-8-9-10-12(4)13(5)11(2)3/h11-13H,6-10H2,1-5H3/t12-,13-/m1/s1. The van der Waals surface area contributed by atoms with Gasteiger partial charge in [0.25, 0.3) is 0 Å². The highest BCUT2D eigenvalue weighted by molar-refractivity contribution is 4.65. The quantitative estimate of drug-likeness (QED) is 0.494. The van der Waals surface area contributed by atoms with Gasteiger partial charge in [0.05, 0.1) is 0 Å². The largest absolute Gasteiger partial charge is 0.0654 e. The normalized spacial score (nSPS) is 16.2. The summed E-state index contributed by atoms with van der Waals surface area (Å²) < 4.78 is 0. The van der Waals surface area contributed by atoms with Gasteiger partial charge in [0, 0.05) is 0 Å². The molecule has 0 bridgehead atoms. The van der Waals surface area contributed by atoms with Gasteiger partial charge in [0.1, 0.15) is 0 Å². The van der Waals surface area contributed by atoms with Crippen LogP contribution in [0.4, 0.5) is 0 Å². The van der Waals surface area contributed by atoms with Crippen molar-refractivity contribution in [3.05, 3.63) is 0 Å². The van der Waals surface area contributed by atoms with Gasteiger partial charge in [-0.1, -0.05) is 66.7 Å². The van der Waals surface area contributed by atoms with E-state index in [1.54, 1.807) is 0 Å². The SMILES string of the molecule is CCCCCC[C@@H](C)[C@H](C)C(C)C. The van der Waals surface area contributed by atoms with Crippen LogP contribution in [0, 0.1) is 17.8 Å². The Morgan fingerprint density at radius 3 is 1.92 bits per heavy atom. The molecule has 0 saturated carbocycles. The van der Waals surface area contributed by atoms with Crippen LogP contribution in [0.2, 0.25) is 0 Å². The van der Waals surface area contributed by atoms with Gasteiger partial charge in [0.15, 0.2) is 0 Å². The monoisotopic (exact) mass is 184 g/mol. The maximum Gasteiger partial charge on any atom is -0.0394 e. The highest BCUT2D eigenvalue weighted by atomic mass is 14.2. The van der Waals surface area contributed by atoms with Crippen LogP contribution in [0.5, 0.6) is 0 Å². The lowest BCUT2D eigenvalue weighted by Gasteiger charge is -2.23. The third-order valence-corrected chi connectivity index (χ3v) is 3.46. The first kappa shape index (κ1) is 13.0. The molecule has 0 amide bonds. The molecule has 0 fully saturated rings. The van der Waals surface area contributed by atoms with Gasteiger partial charge in [-0.15, -0.1) is 0 Å². The highest BCUT2D eigenvalue weighted by Crippen LogP contribution is 2.24. The van der Waals surface area contributed by atoms with E-state index in [9.17, 15) is 0 Å². The molecule has 0 rings (SSSR count). The molecular formula is C13H28. The zero-order chi connectivity index (χ0) is 10.3. The van der Waals surface area contributed by atoms with E-state index in [0.717, 1.165) is 17.8 Å². The molecule has 0 aliphatic heterocycles. The van der Waals surface area contributed by atoms with E-state index < -0.39 is 0 Å². The first-order valence-electron chi connectivity index (χ1n) is 6.09. The summed E-state index contributed by atoms with van der Waals surface area (Å²) in [6.07, 6.45) is 7.08. The summed E-state index contributed by atoms with van der Waals surface area (Å²) in [7, 11) is 0. The van der Waals surface area contributed by atoms with Crippen molar-refractivity contribution in [2.24, 2.45) is 17.8 Å². The zero-order valence-corrected chi connectivity index (χ0v) is 10.3. The molecule has 0 aromatic carbocycles. The minimum atomic E-state index is 0.848. The van der Waals surface area contributed by atoms with Crippen molar-refractivity contribution in [3.8, 4) is 0 Å². The lowest BCUT2D eigenvalue weighted by atomic mass is 9.83. The van der Waals surface area contributed by atoms with Crippen molar-refractivity contribution in [2.45, 2.75) is 66.7 Å². The summed E-state index contributed by atoms with van der Waals surface area (Å²) in [6, 6.07) is 0. The molecule has 0 N–H and O–H groups in total. The average molecular weight is 184 g/mol. The van der Waals surface area contributed by atoms with Crippen molar-refractivity contribution < 1.29 is 0 Å². The van der Waals surface area contributed by atoms with Crippen LogP contribution in [-0.2, 0) is 0 Å². The molecule has 0 heterocycles. The predicted molar refractivity (Wildman–Crippen MR) is 61.9 cm³/mol. The van der Waals surface area contributed by atoms with Crippen molar-refractivity contribution in [1.29, 1.82) is 0 Å². The van der Waals surface area contributed by atoms with Gasteiger partial charge in [-0.3, -0.25) is 0 Å². The Hall–Kier alpha value is 0. The molecule has 0 heteroatoms. The fraction of sp³-hybridized carbons (Fsp3) is 1.00. The Bertz CT molecular complexity index is 105. The van der Waals surface area contributed by atoms with E-state index in [1.807, 2.05) is 0 Å². The molecule has 0 unspecified atom stereocenters. The van der Waals surface area contributed by atoms with Crippen LogP contribution in [0.15, 0.2) is 0 Å². The molecule has 0 aromatic heterocycles. The van der Waals surface area contributed by atoms with Crippen molar-refractivity contribution in [1.82, 2.24) is 0 Å². The summed E-state index contributed by atoms with van der Waals surface area (Å²) in [6.45, 7) is 11.8. The maximum absolute atomic E-state index is 2.41. The second kappa shape index (κ2) is 7.41. The Labute approximate surface area is 85.1 Å². The molecule has 0 saturated heterocycles. The minimum Gasteiger partial charge on any atom is -0.0654 e. The highest BCUT2D eigenvalue weighted by Gasteiger charge is 2.14. The first-order valence-corrected chi connectivity index (χ1v) is 6.09. The van der Waals surface area contributed by atoms with Gasteiger partial charge in [-0.25, -0.2) is 0 Å². The molecule has 0 nitrogen and oxygen atoms in total. The van der Waals surface area contributed by atoms with Crippen LogP contribution >= 0.6 is 0 Å². The van der Waals surface area contributed by atoms with Crippen molar-refractivity contribution in [3.63, 3.8) is 0 Å². The summed E-state index contributed by atoms with van der Waals surface area (Å²) in [5.41, 5.74) is 0. The molecule has 80 valence electrons. The Kier molecular flexibility index (Phi) is 7.41. The van der Waals surface area contributed by atoms with E-state index in [2.05, 4.69) is 34.6 Å². The lowest BCUT2D eigenvalue weighted by Crippen LogP contribution is -2.14. The van der Waals surface area contributed by atoms with Gasteiger partial charge in [0.2, 0.25) is 0 Å². The van der Waals surface area contributed by atoms with Gasteiger partial charge in [-0.2, -0.15) is 0 Å². The summed E-state index contributed by atoms with van der Waals surface area (Å²) in [5.74, 6) is 2.65. The third kappa shape index (κ3) is 6.12.